The fraction of sp³-hybridized carbons (Fsp3) is 0.318. The van der Waals surface area contributed by atoms with Crippen molar-refractivity contribution in [1.29, 1.82) is 0 Å². The zero-order valence-corrected chi connectivity index (χ0v) is 15.4. The SMILES string of the molecule is O=C1CCC(N2Cc3cc(CCC(=O)c4ccccn4)ccc3C2=O)C(=O)C1. The number of pyridine rings is 1. The summed E-state index contributed by atoms with van der Waals surface area (Å²) in [6.45, 7) is 0.376. The number of fused-ring (bicyclic) bond motifs is 1. The van der Waals surface area contributed by atoms with Gasteiger partial charge in [0.1, 0.15) is 11.5 Å². The van der Waals surface area contributed by atoms with Crippen molar-refractivity contribution in [2.75, 3.05) is 0 Å². The van der Waals surface area contributed by atoms with Crippen molar-refractivity contribution in [3.63, 3.8) is 0 Å². The Balaban J connectivity index is 1.44. The minimum atomic E-state index is -0.508. The van der Waals surface area contributed by atoms with Gasteiger partial charge in [-0.1, -0.05) is 18.2 Å². The topological polar surface area (TPSA) is 84.4 Å². The lowest BCUT2D eigenvalue weighted by Gasteiger charge is -2.29. The Kier molecular flexibility index (Phi) is 4.86. The van der Waals surface area contributed by atoms with Crippen LogP contribution in [0.1, 0.15) is 57.7 Å². The smallest absolute Gasteiger partial charge is 0.255 e. The molecular formula is C22H20N2O4. The molecule has 1 saturated carbocycles. The third kappa shape index (κ3) is 3.50. The molecule has 2 aliphatic rings. The van der Waals surface area contributed by atoms with Crippen LogP contribution < -0.4 is 0 Å². The molecule has 4 rings (SSSR count). The summed E-state index contributed by atoms with van der Waals surface area (Å²) in [4.78, 5) is 54.3. The van der Waals surface area contributed by atoms with Crippen LogP contribution in [0, 0.1) is 0 Å². The number of hydrogen-bond donors (Lipinski definition) is 0. The van der Waals surface area contributed by atoms with Gasteiger partial charge in [0, 0.05) is 31.1 Å². The van der Waals surface area contributed by atoms with Gasteiger partial charge in [0.05, 0.1) is 12.5 Å². The molecule has 6 heteroatoms. The van der Waals surface area contributed by atoms with Crippen molar-refractivity contribution in [2.45, 2.75) is 44.7 Å². The normalized spacial score (nSPS) is 19.1. The molecule has 2 heterocycles. The van der Waals surface area contributed by atoms with Crippen LogP contribution in [-0.2, 0) is 22.6 Å². The van der Waals surface area contributed by atoms with Crippen LogP contribution in [0.25, 0.3) is 0 Å². The summed E-state index contributed by atoms with van der Waals surface area (Å²) in [6.07, 6.45) is 3.18. The standard InChI is InChI=1S/C22H20N2O4/c25-16-6-8-19(21(27)12-16)24-13-15-11-14(4-7-17(15)22(24)28)5-9-20(26)18-3-1-2-10-23-18/h1-4,7,10-11,19H,5-6,8-9,12-13H2. The van der Waals surface area contributed by atoms with Crippen LogP contribution in [0.5, 0.6) is 0 Å². The molecule has 0 N–H and O–H groups in total. The highest BCUT2D eigenvalue weighted by molar-refractivity contribution is 6.07. The number of nitrogens with zero attached hydrogens (tertiary/aromatic N) is 2. The van der Waals surface area contributed by atoms with E-state index in [-0.39, 0.29) is 29.7 Å². The molecule has 1 aliphatic heterocycles. The van der Waals surface area contributed by atoms with Gasteiger partial charge in [-0.25, -0.2) is 0 Å². The number of benzene rings is 1. The van der Waals surface area contributed by atoms with Crippen LogP contribution >= 0.6 is 0 Å². The van der Waals surface area contributed by atoms with E-state index in [9.17, 15) is 19.2 Å². The quantitative estimate of drug-likeness (QED) is 0.591. The second-order valence-corrected chi connectivity index (χ2v) is 7.30. The second-order valence-electron chi connectivity index (χ2n) is 7.30. The predicted octanol–water partition coefficient (Wildman–Crippen LogP) is 2.54. The third-order valence-electron chi connectivity index (χ3n) is 5.41. The van der Waals surface area contributed by atoms with Crippen LogP contribution in [0.3, 0.4) is 0 Å². The molecule has 2 aromatic rings. The molecule has 1 unspecified atom stereocenters. The molecule has 1 aliphatic carbocycles. The van der Waals surface area contributed by atoms with Crippen LogP contribution in [0.4, 0.5) is 0 Å². The van der Waals surface area contributed by atoms with E-state index < -0.39 is 6.04 Å². The second kappa shape index (κ2) is 7.46. The van der Waals surface area contributed by atoms with Crippen molar-refractivity contribution in [3.8, 4) is 0 Å². The Labute approximate surface area is 162 Å². The molecule has 28 heavy (non-hydrogen) atoms. The first-order chi connectivity index (χ1) is 13.5. The number of carbonyl (C=O) groups excluding carboxylic acids is 4. The van der Waals surface area contributed by atoms with E-state index in [1.165, 1.54) is 0 Å². The zero-order valence-electron chi connectivity index (χ0n) is 15.4. The van der Waals surface area contributed by atoms with Gasteiger partial charge in [-0.05, 0) is 42.2 Å². The maximum atomic E-state index is 12.7. The molecule has 0 bridgehead atoms. The van der Waals surface area contributed by atoms with Crippen molar-refractivity contribution in [2.24, 2.45) is 0 Å². The molecule has 6 nitrogen and oxygen atoms in total. The maximum absolute atomic E-state index is 12.7. The third-order valence-corrected chi connectivity index (χ3v) is 5.41. The Hall–Kier alpha value is -3.15. The van der Waals surface area contributed by atoms with Gasteiger partial charge in [0.2, 0.25) is 0 Å². The summed E-state index contributed by atoms with van der Waals surface area (Å²) < 4.78 is 0. The minimum absolute atomic E-state index is 0.0173. The van der Waals surface area contributed by atoms with E-state index in [1.807, 2.05) is 12.1 Å². The van der Waals surface area contributed by atoms with Crippen LogP contribution in [0.2, 0.25) is 0 Å². The van der Waals surface area contributed by atoms with Gasteiger partial charge in [-0.3, -0.25) is 24.2 Å². The fourth-order valence-corrected chi connectivity index (χ4v) is 3.91. The highest BCUT2D eigenvalue weighted by Gasteiger charge is 2.38. The molecule has 1 aromatic heterocycles. The number of carbonyl (C=O) groups is 4. The average Bonchev–Trinajstić information content (AvgIpc) is 3.02. The number of rotatable bonds is 5. The predicted molar refractivity (Wildman–Crippen MR) is 101 cm³/mol. The molecule has 142 valence electrons. The van der Waals surface area contributed by atoms with E-state index >= 15 is 0 Å². The Bertz CT molecular complexity index is 968. The number of hydrogen-bond acceptors (Lipinski definition) is 5. The first-order valence-electron chi connectivity index (χ1n) is 9.44. The number of amides is 1. The number of ketones is 3. The summed E-state index contributed by atoms with van der Waals surface area (Å²) in [5.41, 5.74) is 2.90. The van der Waals surface area contributed by atoms with Gasteiger partial charge in [-0.2, -0.15) is 0 Å². The monoisotopic (exact) mass is 376 g/mol. The molecule has 1 atom stereocenters. The lowest BCUT2D eigenvalue weighted by atomic mass is 9.92. The highest BCUT2D eigenvalue weighted by atomic mass is 16.2. The highest BCUT2D eigenvalue weighted by Crippen LogP contribution is 2.29. The largest absolute Gasteiger partial charge is 0.324 e. The van der Waals surface area contributed by atoms with Gasteiger partial charge in [-0.15, -0.1) is 0 Å². The van der Waals surface area contributed by atoms with E-state index in [1.54, 1.807) is 35.4 Å². The van der Waals surface area contributed by atoms with Gasteiger partial charge < -0.3 is 4.90 Å². The van der Waals surface area contributed by atoms with Gasteiger partial charge in [0.25, 0.3) is 5.91 Å². The molecule has 1 aromatic carbocycles. The average molecular weight is 376 g/mol. The van der Waals surface area contributed by atoms with E-state index in [4.69, 9.17) is 0 Å². The Morgan fingerprint density at radius 3 is 2.75 bits per heavy atom. The number of aromatic nitrogens is 1. The molecule has 0 saturated heterocycles. The Morgan fingerprint density at radius 2 is 2.00 bits per heavy atom. The molecule has 0 radical (unpaired) electrons. The summed E-state index contributed by atoms with van der Waals surface area (Å²) in [7, 11) is 0. The maximum Gasteiger partial charge on any atom is 0.255 e. The van der Waals surface area contributed by atoms with Crippen molar-refractivity contribution >= 4 is 23.3 Å². The van der Waals surface area contributed by atoms with E-state index in [2.05, 4.69) is 4.98 Å². The number of aryl methyl sites for hydroxylation is 1. The summed E-state index contributed by atoms with van der Waals surface area (Å²) in [5.74, 6) is -0.390. The Morgan fingerprint density at radius 1 is 1.14 bits per heavy atom. The lowest BCUT2D eigenvalue weighted by molar-refractivity contribution is -0.133. The minimum Gasteiger partial charge on any atom is -0.324 e. The first-order valence-corrected chi connectivity index (χ1v) is 9.44. The van der Waals surface area contributed by atoms with Crippen LogP contribution in [-0.4, -0.2) is 39.2 Å². The van der Waals surface area contributed by atoms with Crippen molar-refractivity contribution in [1.82, 2.24) is 9.88 Å². The summed E-state index contributed by atoms with van der Waals surface area (Å²) in [6, 6.07) is 10.3. The molecular weight excluding hydrogens is 356 g/mol. The number of Topliss-reactive ketones (excluding diaryl/α,β-unsaturated/α-hetero) is 3. The summed E-state index contributed by atoms with van der Waals surface area (Å²) >= 11 is 0. The van der Waals surface area contributed by atoms with Gasteiger partial charge >= 0.3 is 0 Å². The summed E-state index contributed by atoms with van der Waals surface area (Å²) in [5, 5.41) is 0. The van der Waals surface area contributed by atoms with E-state index in [0.717, 1.165) is 11.1 Å². The lowest BCUT2D eigenvalue weighted by Crippen LogP contribution is -2.44. The zero-order chi connectivity index (χ0) is 19.7. The van der Waals surface area contributed by atoms with Crippen molar-refractivity contribution in [3.05, 3.63) is 65.0 Å². The molecule has 1 amide bonds. The van der Waals surface area contributed by atoms with Crippen molar-refractivity contribution < 1.29 is 19.2 Å². The fourth-order valence-electron chi connectivity index (χ4n) is 3.91. The van der Waals surface area contributed by atoms with E-state index in [0.29, 0.717) is 43.5 Å². The molecule has 1 fully saturated rings. The van der Waals surface area contributed by atoms with Crippen LogP contribution in [0.15, 0.2) is 42.6 Å². The first kappa shape index (κ1) is 18.2. The molecule has 0 spiro atoms. The van der Waals surface area contributed by atoms with Gasteiger partial charge in [0.15, 0.2) is 11.6 Å².